The van der Waals surface area contributed by atoms with E-state index in [1.807, 2.05) is 54.7 Å². The number of nitrogens with zero attached hydrogens (tertiary/aromatic N) is 3. The molecule has 2 unspecified atom stereocenters. The van der Waals surface area contributed by atoms with E-state index < -0.39 is 31.8 Å². The number of rotatable bonds is 3. The van der Waals surface area contributed by atoms with Crippen molar-refractivity contribution < 1.29 is 18.0 Å². The quantitative estimate of drug-likeness (QED) is 0.387. The van der Waals surface area contributed by atoms with Crippen LogP contribution in [0.5, 0.6) is 0 Å². The first-order valence-corrected chi connectivity index (χ1v) is 16.4. The Morgan fingerprint density at radius 1 is 0.925 bits per heavy atom. The molecule has 0 aliphatic carbocycles. The van der Waals surface area contributed by atoms with Crippen molar-refractivity contribution in [2.75, 3.05) is 16.4 Å². The molecule has 4 saturated heterocycles. The molecular formula is C29H24N4O4S3. The van der Waals surface area contributed by atoms with E-state index in [0.717, 1.165) is 22.0 Å². The molecule has 4 atom stereocenters. The number of aromatic amines is 1. The molecule has 0 radical (unpaired) electrons. The third-order valence-electron chi connectivity index (χ3n) is 8.79. The SMILES string of the molecule is CN1C(=O)C23CC4(c5c[nH]c6ccccc56)c5ccccc5N(S(=O)(=O)c5ccccc5)[C@@H]4N2C(=O)[C@H]1SCS3. The molecule has 4 fully saturated rings. The van der Waals surface area contributed by atoms with Gasteiger partial charge >= 0.3 is 0 Å². The smallest absolute Gasteiger partial charge is 0.266 e. The normalized spacial score (nSPS) is 29.1. The topological polar surface area (TPSA) is 93.8 Å². The lowest BCUT2D eigenvalue weighted by atomic mass is 9.72. The van der Waals surface area contributed by atoms with E-state index in [2.05, 4.69) is 4.98 Å². The molecule has 11 heteroatoms. The highest BCUT2D eigenvalue weighted by atomic mass is 32.2. The Hall–Kier alpha value is -3.41. The maximum Gasteiger partial charge on any atom is 0.266 e. The Morgan fingerprint density at radius 2 is 1.65 bits per heavy atom. The second kappa shape index (κ2) is 8.08. The van der Waals surface area contributed by atoms with Gasteiger partial charge in [0.05, 0.1) is 16.0 Å². The molecule has 1 N–H and O–H groups in total. The standard InChI is InChI=1S/C29H24N4O4S3/c1-31-25-24(34)32-26-28(16-29(32,27(31)35)39-17-38-25,21-15-30-22-13-7-5-11-19(21)22)20-12-6-8-14-23(20)33(26)40(36,37)18-9-3-2-4-10-18/h2-15,25-26,30H,16-17H2,1H3/t25-,26+,28?,29?/m1/s1. The monoisotopic (exact) mass is 588 g/mol. The largest absolute Gasteiger partial charge is 0.361 e. The van der Waals surface area contributed by atoms with Crippen molar-refractivity contribution in [3.8, 4) is 0 Å². The Bertz CT molecular complexity index is 1840. The average molecular weight is 589 g/mol. The molecule has 9 rings (SSSR count). The minimum atomic E-state index is -4.14. The Balaban J connectivity index is 1.49. The Morgan fingerprint density at radius 3 is 2.48 bits per heavy atom. The van der Waals surface area contributed by atoms with E-state index in [1.165, 1.54) is 27.8 Å². The van der Waals surface area contributed by atoms with Gasteiger partial charge in [0.2, 0.25) is 0 Å². The molecule has 1 aromatic heterocycles. The van der Waals surface area contributed by atoms with Gasteiger partial charge in [0.15, 0.2) is 10.2 Å². The second-order valence-electron chi connectivity index (χ2n) is 10.6. The van der Waals surface area contributed by atoms with Crippen LogP contribution in [0.25, 0.3) is 10.9 Å². The molecule has 5 aliphatic rings. The van der Waals surface area contributed by atoms with Gasteiger partial charge in [-0.2, -0.15) is 0 Å². The predicted octanol–water partition coefficient (Wildman–Crippen LogP) is 4.15. The first kappa shape index (κ1) is 24.4. The number of benzene rings is 3. The third kappa shape index (κ3) is 2.78. The van der Waals surface area contributed by atoms with Crippen molar-refractivity contribution in [2.24, 2.45) is 0 Å². The zero-order valence-corrected chi connectivity index (χ0v) is 23.8. The molecule has 5 aliphatic heterocycles. The number of para-hydroxylation sites is 2. The lowest BCUT2D eigenvalue weighted by molar-refractivity contribution is -0.157. The third-order valence-corrected chi connectivity index (χ3v) is 13.4. The minimum absolute atomic E-state index is 0.137. The van der Waals surface area contributed by atoms with Crippen LogP contribution in [0, 0.1) is 0 Å². The van der Waals surface area contributed by atoms with Crippen LogP contribution in [0.1, 0.15) is 17.5 Å². The molecule has 3 aromatic carbocycles. The maximum atomic E-state index is 14.6. The summed E-state index contributed by atoms with van der Waals surface area (Å²) in [5.74, 6) is -0.389. The zero-order valence-electron chi connectivity index (χ0n) is 21.4. The summed E-state index contributed by atoms with van der Waals surface area (Å²) in [6.07, 6.45) is 1.23. The fraction of sp³-hybridized carbons (Fsp3) is 0.241. The van der Waals surface area contributed by atoms with E-state index in [0.29, 0.717) is 10.8 Å². The fourth-order valence-corrected chi connectivity index (χ4v) is 11.9. The lowest BCUT2D eigenvalue weighted by Gasteiger charge is -2.47. The molecule has 4 aromatic rings. The first-order valence-electron chi connectivity index (χ1n) is 12.9. The van der Waals surface area contributed by atoms with Crippen molar-refractivity contribution in [1.82, 2.24) is 14.8 Å². The number of likely N-dealkylation sites (N-methyl/N-ethyl adjacent to an activating group) is 1. The van der Waals surface area contributed by atoms with Gasteiger partial charge in [0, 0.05) is 35.7 Å². The van der Waals surface area contributed by atoms with E-state index in [1.54, 1.807) is 47.2 Å². The van der Waals surface area contributed by atoms with Crippen LogP contribution in [0.15, 0.2) is 90.0 Å². The highest BCUT2D eigenvalue weighted by Crippen LogP contribution is 2.67. The van der Waals surface area contributed by atoms with E-state index >= 15 is 0 Å². The fourth-order valence-electron chi connectivity index (χ4n) is 7.18. The van der Waals surface area contributed by atoms with Crippen LogP contribution in [0.2, 0.25) is 0 Å². The van der Waals surface area contributed by atoms with Crippen LogP contribution >= 0.6 is 23.5 Å². The van der Waals surface area contributed by atoms with Crippen LogP contribution in [0.4, 0.5) is 5.69 Å². The number of thioether (sulfide) groups is 2. The van der Waals surface area contributed by atoms with Gasteiger partial charge in [-0.3, -0.25) is 14.5 Å². The van der Waals surface area contributed by atoms with Crippen molar-refractivity contribution in [2.45, 2.75) is 33.1 Å². The number of piperazine rings is 1. The number of hydrogen-bond donors (Lipinski definition) is 1. The van der Waals surface area contributed by atoms with Crippen molar-refractivity contribution >= 4 is 62.0 Å². The summed E-state index contributed by atoms with van der Waals surface area (Å²) < 4.78 is 30.6. The van der Waals surface area contributed by atoms with Crippen LogP contribution in [-0.2, 0) is 25.0 Å². The number of nitrogens with one attached hydrogen (secondary N) is 1. The number of fused-ring (bicyclic) bond motifs is 7. The minimum Gasteiger partial charge on any atom is -0.361 e. The van der Waals surface area contributed by atoms with Crippen molar-refractivity contribution in [3.63, 3.8) is 0 Å². The van der Waals surface area contributed by atoms with E-state index in [4.69, 9.17) is 0 Å². The number of amides is 2. The van der Waals surface area contributed by atoms with Crippen LogP contribution in [0.3, 0.4) is 0 Å². The molecule has 1 spiro atoms. The van der Waals surface area contributed by atoms with Crippen LogP contribution < -0.4 is 4.31 Å². The van der Waals surface area contributed by atoms with Gasteiger partial charge < -0.3 is 9.88 Å². The summed E-state index contributed by atoms with van der Waals surface area (Å²) in [6, 6.07) is 23.7. The van der Waals surface area contributed by atoms with Gasteiger partial charge in [0.25, 0.3) is 21.8 Å². The number of carbonyl (C=O) groups is 2. The molecule has 2 bridgehead atoms. The van der Waals surface area contributed by atoms with E-state index in [9.17, 15) is 18.0 Å². The Labute approximate surface area is 239 Å². The summed E-state index contributed by atoms with van der Waals surface area (Å²) in [7, 11) is -2.46. The van der Waals surface area contributed by atoms with Gasteiger partial charge in [0.1, 0.15) is 6.17 Å². The molecule has 202 valence electrons. The number of H-pyrrole nitrogens is 1. The van der Waals surface area contributed by atoms with Crippen molar-refractivity contribution in [3.05, 3.63) is 96.2 Å². The summed E-state index contributed by atoms with van der Waals surface area (Å²) >= 11 is 2.87. The summed E-state index contributed by atoms with van der Waals surface area (Å²) in [5, 5.41) is 0.782. The summed E-state index contributed by atoms with van der Waals surface area (Å²) in [6.45, 7) is 0. The second-order valence-corrected chi connectivity index (χ2v) is 15.1. The summed E-state index contributed by atoms with van der Waals surface area (Å²) in [5.41, 5.74) is 2.13. The molecule has 40 heavy (non-hydrogen) atoms. The van der Waals surface area contributed by atoms with Crippen LogP contribution in [-0.4, -0.2) is 63.6 Å². The number of anilines is 1. The number of aromatic nitrogens is 1. The molecule has 0 saturated carbocycles. The zero-order chi connectivity index (χ0) is 27.4. The van der Waals surface area contributed by atoms with Gasteiger partial charge in [-0.05, 0) is 35.4 Å². The number of carbonyl (C=O) groups excluding carboxylic acids is 2. The first-order chi connectivity index (χ1) is 19.3. The number of sulfonamides is 1. The van der Waals surface area contributed by atoms with Gasteiger partial charge in [-0.1, -0.05) is 54.6 Å². The highest BCUT2D eigenvalue weighted by molar-refractivity contribution is 8.17. The molecule has 8 nitrogen and oxygen atoms in total. The molecule has 2 amide bonds. The summed E-state index contributed by atoms with van der Waals surface area (Å²) in [4.78, 5) is 34.1. The lowest BCUT2D eigenvalue weighted by Crippen LogP contribution is -2.68. The van der Waals surface area contributed by atoms with Crippen molar-refractivity contribution in [1.29, 1.82) is 0 Å². The molecular weight excluding hydrogens is 565 g/mol. The average Bonchev–Trinajstić information content (AvgIpc) is 3.56. The maximum absolute atomic E-state index is 14.6. The van der Waals surface area contributed by atoms with E-state index in [-0.39, 0.29) is 23.1 Å². The predicted molar refractivity (Wildman–Crippen MR) is 156 cm³/mol. The Kier molecular flexibility index (Phi) is 4.93. The molecule has 6 heterocycles. The van der Waals surface area contributed by atoms with Gasteiger partial charge in [-0.15, -0.1) is 23.5 Å². The highest BCUT2D eigenvalue weighted by Gasteiger charge is 2.76. The van der Waals surface area contributed by atoms with Gasteiger partial charge in [-0.25, -0.2) is 12.7 Å². The number of hydrogen-bond acceptors (Lipinski definition) is 6.